The van der Waals surface area contributed by atoms with Crippen molar-refractivity contribution in [3.05, 3.63) is 77.6 Å². The molecular formula is C21H14F3N2O2. The molecule has 0 fully saturated rings. The lowest BCUT2D eigenvalue weighted by molar-refractivity contribution is -0.0498. The van der Waals surface area contributed by atoms with Crippen LogP contribution in [0.25, 0.3) is 21.8 Å². The number of amides is 1. The van der Waals surface area contributed by atoms with Gasteiger partial charge in [0.05, 0.1) is 11.0 Å². The molecule has 28 heavy (non-hydrogen) atoms. The third-order valence-electron chi connectivity index (χ3n) is 4.50. The average molecular weight is 383 g/mol. The lowest BCUT2D eigenvalue weighted by Gasteiger charge is -2.10. The van der Waals surface area contributed by atoms with E-state index in [4.69, 9.17) is 5.73 Å². The lowest BCUT2D eigenvalue weighted by Crippen LogP contribution is -2.11. The molecule has 1 heterocycles. The largest absolute Gasteiger partial charge is 0.435 e. The first-order chi connectivity index (χ1) is 13.5. The Morgan fingerprint density at radius 2 is 1.96 bits per heavy atom. The molecule has 0 unspecified atom stereocenters. The number of ether oxygens (including phenoxy) is 1. The van der Waals surface area contributed by atoms with Crippen LogP contribution in [0.2, 0.25) is 0 Å². The molecule has 4 rings (SSSR count). The molecule has 1 radical (unpaired) electrons. The van der Waals surface area contributed by atoms with Gasteiger partial charge in [-0.25, -0.2) is 4.39 Å². The van der Waals surface area contributed by atoms with E-state index in [0.717, 1.165) is 0 Å². The van der Waals surface area contributed by atoms with Crippen LogP contribution >= 0.6 is 0 Å². The van der Waals surface area contributed by atoms with Gasteiger partial charge in [-0.1, -0.05) is 24.3 Å². The second kappa shape index (κ2) is 6.92. The summed E-state index contributed by atoms with van der Waals surface area (Å²) in [5.74, 6) is -1.10. The van der Waals surface area contributed by atoms with Crippen LogP contribution in [-0.4, -0.2) is 17.1 Å². The van der Waals surface area contributed by atoms with Gasteiger partial charge in [-0.15, -0.1) is 0 Å². The number of nitrogens with two attached hydrogens (primary N) is 1. The first kappa shape index (κ1) is 17.9. The molecule has 0 bridgehead atoms. The molecule has 0 aliphatic carbocycles. The van der Waals surface area contributed by atoms with Gasteiger partial charge < -0.3 is 15.0 Å². The summed E-state index contributed by atoms with van der Waals surface area (Å²) in [6.07, 6.45) is 0. The maximum atomic E-state index is 14.7. The molecule has 0 saturated carbocycles. The first-order valence-corrected chi connectivity index (χ1v) is 8.40. The number of primary amides is 1. The Morgan fingerprint density at radius 1 is 1.18 bits per heavy atom. The predicted molar refractivity (Wildman–Crippen MR) is 98.9 cm³/mol. The standard InChI is InChI=1S/C21H14F3N2O2/c22-16-8-2-6-14-18-15(20(25)27)7-3-9-17(18)26(19(14)16)11-12-4-1-5-13(10-12)28-21(23)24/h1-5,7-10,21H,11H2,(H2,25,27). The molecular weight excluding hydrogens is 369 g/mol. The summed E-state index contributed by atoms with van der Waals surface area (Å²) >= 11 is 0. The van der Waals surface area contributed by atoms with Crippen molar-refractivity contribution in [2.45, 2.75) is 13.2 Å². The number of hydrogen-bond acceptors (Lipinski definition) is 2. The van der Waals surface area contributed by atoms with Crippen LogP contribution in [-0.2, 0) is 6.54 Å². The molecule has 141 valence electrons. The monoisotopic (exact) mass is 383 g/mol. The van der Waals surface area contributed by atoms with Gasteiger partial charge in [0, 0.05) is 22.9 Å². The molecule has 1 amide bonds. The molecule has 0 spiro atoms. The van der Waals surface area contributed by atoms with Gasteiger partial charge in [0.25, 0.3) is 0 Å². The fourth-order valence-corrected chi connectivity index (χ4v) is 3.44. The molecule has 0 atom stereocenters. The van der Waals surface area contributed by atoms with Crippen molar-refractivity contribution in [3.8, 4) is 5.75 Å². The quantitative estimate of drug-likeness (QED) is 0.552. The Labute approximate surface area is 157 Å². The summed E-state index contributed by atoms with van der Waals surface area (Å²) in [5.41, 5.74) is 7.23. The van der Waals surface area contributed by atoms with Crippen molar-refractivity contribution in [2.75, 3.05) is 0 Å². The SMILES string of the molecule is NC(=O)c1cccc2c1c1[c]ccc(F)c1n2Cc1cccc(OC(F)F)c1. The Hall–Kier alpha value is -3.48. The van der Waals surface area contributed by atoms with Crippen LogP contribution in [0.5, 0.6) is 5.75 Å². The fraction of sp³-hybridized carbons (Fsp3) is 0.0952. The number of fused-ring (bicyclic) bond motifs is 3. The van der Waals surface area contributed by atoms with Crippen molar-refractivity contribution < 1.29 is 22.7 Å². The highest BCUT2D eigenvalue weighted by Gasteiger charge is 2.19. The van der Waals surface area contributed by atoms with Crippen LogP contribution in [0.3, 0.4) is 0 Å². The number of nitrogens with zero attached hydrogens (tertiary/aromatic N) is 1. The summed E-state index contributed by atoms with van der Waals surface area (Å²) in [6.45, 7) is -2.76. The van der Waals surface area contributed by atoms with Gasteiger partial charge >= 0.3 is 6.61 Å². The fourth-order valence-electron chi connectivity index (χ4n) is 3.44. The lowest BCUT2D eigenvalue weighted by atomic mass is 10.1. The Kier molecular flexibility index (Phi) is 4.43. The second-order valence-corrected chi connectivity index (χ2v) is 6.23. The minimum absolute atomic E-state index is 0.0122. The van der Waals surface area contributed by atoms with Crippen LogP contribution in [0, 0.1) is 11.9 Å². The maximum absolute atomic E-state index is 14.7. The molecule has 3 aromatic carbocycles. The number of halogens is 3. The highest BCUT2D eigenvalue weighted by Crippen LogP contribution is 2.33. The number of rotatable bonds is 5. The van der Waals surface area contributed by atoms with Gasteiger partial charge in [0.1, 0.15) is 11.6 Å². The average Bonchev–Trinajstić information content (AvgIpc) is 2.97. The van der Waals surface area contributed by atoms with E-state index in [1.807, 2.05) is 0 Å². The minimum atomic E-state index is -2.94. The molecule has 4 aromatic rings. The Bertz CT molecular complexity index is 1200. The van der Waals surface area contributed by atoms with Gasteiger partial charge in [-0.2, -0.15) is 8.78 Å². The molecule has 0 aliphatic heterocycles. The van der Waals surface area contributed by atoms with Crippen molar-refractivity contribution in [1.82, 2.24) is 4.57 Å². The summed E-state index contributed by atoms with van der Waals surface area (Å²) in [5, 5.41) is 0.939. The number of carbonyl (C=O) groups is 1. The van der Waals surface area contributed by atoms with Crippen molar-refractivity contribution in [3.63, 3.8) is 0 Å². The molecule has 0 saturated heterocycles. The molecule has 4 nitrogen and oxygen atoms in total. The summed E-state index contributed by atoms with van der Waals surface area (Å²) in [7, 11) is 0. The third-order valence-corrected chi connectivity index (χ3v) is 4.50. The Morgan fingerprint density at radius 3 is 2.71 bits per heavy atom. The van der Waals surface area contributed by atoms with E-state index < -0.39 is 18.3 Å². The number of alkyl halides is 2. The zero-order valence-corrected chi connectivity index (χ0v) is 14.5. The van der Waals surface area contributed by atoms with Crippen molar-refractivity contribution in [2.24, 2.45) is 5.73 Å². The number of hydrogen-bond donors (Lipinski definition) is 1. The zero-order valence-electron chi connectivity index (χ0n) is 14.5. The van der Waals surface area contributed by atoms with Gasteiger partial charge in [0.2, 0.25) is 5.91 Å². The smallest absolute Gasteiger partial charge is 0.387 e. The van der Waals surface area contributed by atoms with Crippen LogP contribution in [0.4, 0.5) is 13.2 Å². The van der Waals surface area contributed by atoms with E-state index in [1.54, 1.807) is 34.9 Å². The van der Waals surface area contributed by atoms with E-state index in [2.05, 4.69) is 10.8 Å². The maximum Gasteiger partial charge on any atom is 0.387 e. The van der Waals surface area contributed by atoms with E-state index in [1.165, 1.54) is 24.3 Å². The number of aromatic nitrogens is 1. The highest BCUT2D eigenvalue weighted by atomic mass is 19.3. The zero-order chi connectivity index (χ0) is 19.8. The van der Waals surface area contributed by atoms with Crippen LogP contribution < -0.4 is 10.5 Å². The molecule has 0 aliphatic rings. The van der Waals surface area contributed by atoms with E-state index >= 15 is 0 Å². The number of carbonyl (C=O) groups excluding carboxylic acids is 1. The second-order valence-electron chi connectivity index (χ2n) is 6.23. The van der Waals surface area contributed by atoms with Crippen LogP contribution in [0.1, 0.15) is 15.9 Å². The van der Waals surface area contributed by atoms with Gasteiger partial charge in [0.15, 0.2) is 0 Å². The normalized spacial score (nSPS) is 11.4. The van der Waals surface area contributed by atoms with E-state index in [-0.39, 0.29) is 23.4 Å². The highest BCUT2D eigenvalue weighted by molar-refractivity contribution is 6.17. The first-order valence-electron chi connectivity index (χ1n) is 8.40. The summed E-state index contributed by atoms with van der Waals surface area (Å²) in [6, 6.07) is 16.9. The summed E-state index contributed by atoms with van der Waals surface area (Å²) in [4.78, 5) is 11.9. The number of benzene rings is 3. The molecule has 2 N–H and O–H groups in total. The van der Waals surface area contributed by atoms with Crippen molar-refractivity contribution in [1.29, 1.82) is 0 Å². The van der Waals surface area contributed by atoms with E-state index in [0.29, 0.717) is 21.9 Å². The molecule has 7 heteroatoms. The van der Waals surface area contributed by atoms with Gasteiger partial charge in [-0.05, 0) is 42.0 Å². The third kappa shape index (κ3) is 3.05. The Balaban J connectivity index is 1.94. The predicted octanol–water partition coefficient (Wildman–Crippen LogP) is 4.48. The van der Waals surface area contributed by atoms with Crippen molar-refractivity contribution >= 4 is 27.7 Å². The van der Waals surface area contributed by atoms with Gasteiger partial charge in [-0.3, -0.25) is 4.79 Å². The minimum Gasteiger partial charge on any atom is -0.435 e. The molecule has 1 aromatic heterocycles. The van der Waals surface area contributed by atoms with Crippen LogP contribution in [0.15, 0.2) is 54.6 Å². The van der Waals surface area contributed by atoms with E-state index in [9.17, 15) is 18.0 Å². The topological polar surface area (TPSA) is 57.2 Å². The summed E-state index contributed by atoms with van der Waals surface area (Å²) < 4.78 is 45.8.